The third-order valence-electron chi connectivity index (χ3n) is 4.54. The van der Waals surface area contributed by atoms with E-state index in [0.29, 0.717) is 6.61 Å². The van der Waals surface area contributed by atoms with Gasteiger partial charge in [-0.05, 0) is 56.3 Å². The van der Waals surface area contributed by atoms with Crippen LogP contribution < -0.4 is 9.47 Å². The predicted molar refractivity (Wildman–Crippen MR) is 115 cm³/mol. The molecular formula is C24H33NO3. The molecular weight excluding hydrogens is 350 g/mol. The lowest BCUT2D eigenvalue weighted by molar-refractivity contribution is 0.0465. The van der Waals surface area contributed by atoms with Gasteiger partial charge in [0.2, 0.25) is 0 Å². The molecule has 152 valence electrons. The summed E-state index contributed by atoms with van der Waals surface area (Å²) in [4.78, 5) is 2.10. The van der Waals surface area contributed by atoms with E-state index in [2.05, 4.69) is 35.7 Å². The van der Waals surface area contributed by atoms with Crippen LogP contribution in [0.15, 0.2) is 60.9 Å². The molecule has 28 heavy (non-hydrogen) atoms. The predicted octanol–water partition coefficient (Wildman–Crippen LogP) is 4.73. The highest BCUT2D eigenvalue weighted by Gasteiger charge is 2.14. The first-order valence-corrected chi connectivity index (χ1v) is 9.84. The Bertz CT molecular complexity index is 725. The Morgan fingerprint density at radius 3 is 2.39 bits per heavy atom. The van der Waals surface area contributed by atoms with Crippen molar-refractivity contribution in [2.75, 3.05) is 34.4 Å². The molecule has 1 atom stereocenters. The van der Waals surface area contributed by atoms with Crippen molar-refractivity contribution < 1.29 is 14.2 Å². The quantitative estimate of drug-likeness (QED) is 0.496. The average molecular weight is 384 g/mol. The summed E-state index contributed by atoms with van der Waals surface area (Å²) in [6.07, 6.45) is 2.64. The lowest BCUT2D eigenvalue weighted by Gasteiger charge is -2.24. The number of aryl methyl sites for hydroxylation is 2. The van der Waals surface area contributed by atoms with Gasteiger partial charge in [-0.2, -0.15) is 0 Å². The second-order valence-corrected chi connectivity index (χ2v) is 7.16. The molecule has 0 aliphatic heterocycles. The zero-order valence-electron chi connectivity index (χ0n) is 17.6. The van der Waals surface area contributed by atoms with Crippen molar-refractivity contribution in [3.63, 3.8) is 0 Å². The fraction of sp³-hybridized carbons (Fsp3) is 0.417. The summed E-state index contributed by atoms with van der Waals surface area (Å²) in [5, 5.41) is 0. The summed E-state index contributed by atoms with van der Waals surface area (Å²) in [6.45, 7) is 7.29. The van der Waals surface area contributed by atoms with Gasteiger partial charge < -0.3 is 19.1 Å². The second kappa shape index (κ2) is 11.4. The monoisotopic (exact) mass is 383 g/mol. The van der Waals surface area contributed by atoms with Gasteiger partial charge in [0, 0.05) is 13.0 Å². The average Bonchev–Trinajstić information content (AvgIpc) is 2.71. The van der Waals surface area contributed by atoms with E-state index in [4.69, 9.17) is 14.2 Å². The largest absolute Gasteiger partial charge is 0.497 e. The van der Waals surface area contributed by atoms with Gasteiger partial charge in [-0.25, -0.2) is 0 Å². The van der Waals surface area contributed by atoms with Crippen LogP contribution in [0.4, 0.5) is 0 Å². The van der Waals surface area contributed by atoms with Crippen LogP contribution in [0.5, 0.6) is 11.5 Å². The number of ether oxygens (including phenoxy) is 3. The molecule has 0 N–H and O–H groups in total. The van der Waals surface area contributed by atoms with Crippen LogP contribution in [0.25, 0.3) is 0 Å². The molecule has 0 saturated carbocycles. The number of hydrogen-bond acceptors (Lipinski definition) is 4. The fourth-order valence-electron chi connectivity index (χ4n) is 2.96. The minimum absolute atomic E-state index is 0.0444. The van der Waals surface area contributed by atoms with Gasteiger partial charge in [0.1, 0.15) is 24.2 Å². The molecule has 4 heteroatoms. The number of nitrogens with zero attached hydrogens (tertiary/aromatic N) is 1. The minimum atomic E-state index is -0.0444. The summed E-state index contributed by atoms with van der Waals surface area (Å²) in [7, 11) is 5.76. The first-order valence-electron chi connectivity index (χ1n) is 9.84. The van der Waals surface area contributed by atoms with Crippen molar-refractivity contribution in [3.05, 3.63) is 72.0 Å². The molecule has 0 unspecified atom stereocenters. The van der Waals surface area contributed by atoms with Crippen LogP contribution in [0.3, 0.4) is 0 Å². The first kappa shape index (κ1) is 21.8. The van der Waals surface area contributed by atoms with Gasteiger partial charge in [0.25, 0.3) is 0 Å². The third kappa shape index (κ3) is 7.28. The maximum Gasteiger partial charge on any atom is 0.145 e. The maximum atomic E-state index is 6.16. The molecule has 0 aliphatic rings. The van der Waals surface area contributed by atoms with E-state index < -0.39 is 0 Å². The van der Waals surface area contributed by atoms with E-state index in [1.54, 1.807) is 7.11 Å². The van der Waals surface area contributed by atoms with Crippen LogP contribution in [-0.4, -0.2) is 45.4 Å². The molecule has 0 amide bonds. The van der Waals surface area contributed by atoms with Crippen molar-refractivity contribution in [3.8, 4) is 11.5 Å². The van der Waals surface area contributed by atoms with E-state index in [-0.39, 0.29) is 6.10 Å². The van der Waals surface area contributed by atoms with Gasteiger partial charge in [-0.1, -0.05) is 43.8 Å². The Hall–Kier alpha value is -2.46. The Morgan fingerprint density at radius 2 is 1.75 bits per heavy atom. The number of para-hydroxylation sites is 1. The van der Waals surface area contributed by atoms with Gasteiger partial charge in [-0.3, -0.25) is 0 Å². The van der Waals surface area contributed by atoms with Crippen LogP contribution >= 0.6 is 0 Å². The number of methoxy groups -OCH3 is 1. The second-order valence-electron chi connectivity index (χ2n) is 7.16. The molecule has 0 heterocycles. The highest BCUT2D eigenvalue weighted by atomic mass is 16.5. The number of likely N-dealkylation sites (N-methyl/N-ethyl adjacent to an activating group) is 1. The van der Waals surface area contributed by atoms with E-state index >= 15 is 0 Å². The number of allylic oxidation sites excluding steroid dienone is 1. The Labute approximate surface area is 169 Å². The van der Waals surface area contributed by atoms with Gasteiger partial charge >= 0.3 is 0 Å². The van der Waals surface area contributed by atoms with E-state index in [0.717, 1.165) is 43.1 Å². The van der Waals surface area contributed by atoms with Crippen molar-refractivity contribution in [1.82, 2.24) is 4.90 Å². The lowest BCUT2D eigenvalue weighted by atomic mass is 10.0. The smallest absolute Gasteiger partial charge is 0.145 e. The van der Waals surface area contributed by atoms with Crippen molar-refractivity contribution in [2.24, 2.45) is 0 Å². The molecule has 0 radical (unpaired) electrons. The summed E-state index contributed by atoms with van der Waals surface area (Å²) in [5.41, 5.74) is 2.49. The molecule has 4 nitrogen and oxygen atoms in total. The highest BCUT2D eigenvalue weighted by Crippen LogP contribution is 2.22. The van der Waals surface area contributed by atoms with E-state index in [9.17, 15) is 0 Å². The summed E-state index contributed by atoms with van der Waals surface area (Å²) < 4.78 is 17.3. The molecule has 0 saturated heterocycles. The zero-order valence-corrected chi connectivity index (χ0v) is 17.6. The molecule has 2 aromatic carbocycles. The van der Waals surface area contributed by atoms with Crippen LogP contribution in [0.2, 0.25) is 0 Å². The van der Waals surface area contributed by atoms with Gasteiger partial charge in [-0.15, -0.1) is 0 Å². The molecule has 0 aliphatic carbocycles. The molecule has 2 rings (SSSR count). The highest BCUT2D eigenvalue weighted by molar-refractivity contribution is 5.35. The summed E-state index contributed by atoms with van der Waals surface area (Å²) in [5.74, 6) is 2.60. The molecule has 0 aromatic heterocycles. The minimum Gasteiger partial charge on any atom is -0.497 e. The van der Waals surface area contributed by atoms with Crippen molar-refractivity contribution >= 4 is 0 Å². The van der Waals surface area contributed by atoms with Gasteiger partial charge in [0.05, 0.1) is 12.9 Å². The van der Waals surface area contributed by atoms with Crippen molar-refractivity contribution in [2.45, 2.75) is 32.3 Å². The molecule has 0 bridgehead atoms. The summed E-state index contributed by atoms with van der Waals surface area (Å²) >= 11 is 0. The Balaban J connectivity index is 1.98. The maximum absolute atomic E-state index is 6.16. The van der Waals surface area contributed by atoms with Crippen LogP contribution in [-0.2, 0) is 17.6 Å². The fourth-order valence-corrected chi connectivity index (χ4v) is 2.96. The molecule has 2 aromatic rings. The SMILES string of the molecule is C=C(CC)O[C@H](COc1ccccc1CCc1ccc(OC)cc1)CN(C)C. The Morgan fingerprint density at radius 1 is 1.04 bits per heavy atom. The number of hydrogen-bond donors (Lipinski definition) is 0. The van der Waals surface area contributed by atoms with E-state index in [1.165, 1.54) is 11.1 Å². The topological polar surface area (TPSA) is 30.9 Å². The standard InChI is InChI=1S/C24H33NO3/c1-6-19(2)28-23(17-25(3)4)18-27-24-10-8-7-9-21(24)14-11-20-12-15-22(26-5)16-13-20/h7-10,12-13,15-16,23H,2,6,11,14,17-18H2,1,3-5H3/t23-/m0/s1. The zero-order chi connectivity index (χ0) is 20.4. The van der Waals surface area contributed by atoms with Crippen molar-refractivity contribution in [1.29, 1.82) is 0 Å². The molecule has 0 spiro atoms. The Kier molecular flexibility index (Phi) is 8.89. The number of rotatable bonds is 12. The molecule has 0 fully saturated rings. The summed E-state index contributed by atoms with van der Waals surface area (Å²) in [6, 6.07) is 16.5. The number of benzene rings is 2. The van der Waals surface area contributed by atoms with Gasteiger partial charge in [0.15, 0.2) is 0 Å². The normalized spacial score (nSPS) is 11.9. The van der Waals surface area contributed by atoms with Crippen LogP contribution in [0, 0.1) is 0 Å². The first-order chi connectivity index (χ1) is 13.5. The lowest BCUT2D eigenvalue weighted by Crippen LogP contribution is -2.33. The third-order valence-corrected chi connectivity index (χ3v) is 4.54. The van der Waals surface area contributed by atoms with Crippen LogP contribution in [0.1, 0.15) is 24.5 Å². The van der Waals surface area contributed by atoms with E-state index in [1.807, 2.05) is 45.3 Å².